The summed E-state index contributed by atoms with van der Waals surface area (Å²) < 4.78 is 26.5. The highest BCUT2D eigenvalue weighted by Gasteiger charge is 2.21. The number of nitriles is 1. The molecule has 0 bridgehead atoms. The average molecular weight is 512 g/mol. The molecule has 1 N–H and O–H groups in total. The fourth-order valence-electron chi connectivity index (χ4n) is 4.14. The number of alkyl carbamates (subject to hydrolysis) is 1. The van der Waals surface area contributed by atoms with Crippen LogP contribution in [0.2, 0.25) is 0 Å². The Bertz CT molecular complexity index is 1380. The van der Waals surface area contributed by atoms with Gasteiger partial charge >= 0.3 is 6.09 Å². The maximum atomic E-state index is 15.4. The van der Waals surface area contributed by atoms with Crippen molar-refractivity contribution in [2.24, 2.45) is 5.92 Å². The van der Waals surface area contributed by atoms with E-state index in [1.807, 2.05) is 75.4 Å². The molecule has 0 spiro atoms. The molecule has 6 nitrogen and oxygen atoms in total. The average Bonchev–Trinajstić information content (AvgIpc) is 2.89. The van der Waals surface area contributed by atoms with E-state index in [-0.39, 0.29) is 23.6 Å². The molecule has 1 aliphatic rings. The maximum Gasteiger partial charge on any atom is 0.407 e. The smallest absolute Gasteiger partial charge is 0.407 e. The van der Waals surface area contributed by atoms with E-state index in [0.29, 0.717) is 35.6 Å². The standard InChI is InChI=1S/C31H30FN3O3/c1-31(2,3)38-30(36)35-19-22-9-7-8-21(16-22)17-28-29(32)26(18-33)27(20-34-28)23-12-14-25(15-13-23)37-24-10-5-4-6-11-24/h4-15,20,22H,16-17,19H2,1-3H3,(H,35,36). The number of hydrogen-bond donors (Lipinski definition) is 1. The van der Waals surface area contributed by atoms with Gasteiger partial charge in [-0.15, -0.1) is 0 Å². The molecule has 1 aliphatic carbocycles. The Morgan fingerprint density at radius 3 is 2.53 bits per heavy atom. The van der Waals surface area contributed by atoms with Gasteiger partial charge in [0.1, 0.15) is 23.2 Å². The first-order chi connectivity index (χ1) is 18.2. The second kappa shape index (κ2) is 11.7. The van der Waals surface area contributed by atoms with Crippen molar-refractivity contribution in [1.29, 1.82) is 5.26 Å². The van der Waals surface area contributed by atoms with Gasteiger partial charge < -0.3 is 14.8 Å². The van der Waals surface area contributed by atoms with Crippen LogP contribution in [0.3, 0.4) is 0 Å². The van der Waals surface area contributed by atoms with Crippen LogP contribution in [-0.4, -0.2) is 23.2 Å². The number of amides is 1. The van der Waals surface area contributed by atoms with Crippen molar-refractivity contribution in [3.05, 3.63) is 102 Å². The van der Waals surface area contributed by atoms with Gasteiger partial charge in [0.25, 0.3) is 0 Å². The van der Waals surface area contributed by atoms with Crippen LogP contribution in [0.25, 0.3) is 11.1 Å². The van der Waals surface area contributed by atoms with Crippen molar-refractivity contribution in [2.75, 3.05) is 6.54 Å². The van der Waals surface area contributed by atoms with Crippen LogP contribution in [0.15, 0.2) is 84.6 Å². The highest BCUT2D eigenvalue weighted by Crippen LogP contribution is 2.30. The summed E-state index contributed by atoms with van der Waals surface area (Å²) in [7, 11) is 0. The van der Waals surface area contributed by atoms with E-state index in [1.54, 1.807) is 30.5 Å². The summed E-state index contributed by atoms with van der Waals surface area (Å²) in [6.07, 6.45) is 7.82. The minimum atomic E-state index is -0.617. The maximum absolute atomic E-state index is 15.4. The fraction of sp³-hybridized carbons (Fsp3) is 0.258. The lowest BCUT2D eigenvalue weighted by atomic mass is 9.90. The zero-order valence-corrected chi connectivity index (χ0v) is 21.7. The van der Waals surface area contributed by atoms with E-state index in [1.165, 1.54) is 0 Å². The third-order valence-electron chi connectivity index (χ3n) is 5.89. The van der Waals surface area contributed by atoms with Crippen LogP contribution in [0.5, 0.6) is 11.5 Å². The lowest BCUT2D eigenvalue weighted by Gasteiger charge is -2.22. The van der Waals surface area contributed by atoms with E-state index in [0.717, 1.165) is 5.57 Å². The summed E-state index contributed by atoms with van der Waals surface area (Å²) in [6, 6.07) is 18.5. The van der Waals surface area contributed by atoms with Gasteiger partial charge in [-0.3, -0.25) is 4.98 Å². The normalized spacial score (nSPS) is 14.8. The number of aromatic nitrogens is 1. The van der Waals surface area contributed by atoms with Gasteiger partial charge in [0, 0.05) is 24.7 Å². The van der Waals surface area contributed by atoms with Gasteiger partial charge in [0.15, 0.2) is 5.82 Å². The second-order valence-corrected chi connectivity index (χ2v) is 10.1. The number of carbonyl (C=O) groups is 1. The summed E-state index contributed by atoms with van der Waals surface area (Å²) in [5.41, 5.74) is 1.68. The third kappa shape index (κ3) is 7.07. The number of rotatable bonds is 7. The number of pyridine rings is 1. The van der Waals surface area contributed by atoms with Crippen molar-refractivity contribution in [2.45, 2.75) is 39.2 Å². The highest BCUT2D eigenvalue weighted by molar-refractivity contribution is 5.71. The molecule has 1 heterocycles. The minimum absolute atomic E-state index is 0.0400. The van der Waals surface area contributed by atoms with Crippen LogP contribution < -0.4 is 10.1 Å². The Hall–Kier alpha value is -4.44. The number of nitrogens with one attached hydrogen (secondary N) is 1. The van der Waals surface area contributed by atoms with Gasteiger partial charge in [-0.25, -0.2) is 9.18 Å². The predicted octanol–water partition coefficient (Wildman–Crippen LogP) is 7.12. The number of benzene rings is 2. The van der Waals surface area contributed by atoms with E-state index in [2.05, 4.69) is 10.3 Å². The molecule has 2 aromatic carbocycles. The topological polar surface area (TPSA) is 84.2 Å². The van der Waals surface area contributed by atoms with Crippen molar-refractivity contribution in [3.63, 3.8) is 0 Å². The van der Waals surface area contributed by atoms with Crippen molar-refractivity contribution in [1.82, 2.24) is 10.3 Å². The van der Waals surface area contributed by atoms with Crippen LogP contribution in [0.1, 0.15) is 38.4 Å². The minimum Gasteiger partial charge on any atom is -0.457 e. The van der Waals surface area contributed by atoms with E-state index >= 15 is 4.39 Å². The lowest BCUT2D eigenvalue weighted by molar-refractivity contribution is 0.0522. The molecule has 1 atom stereocenters. The summed E-state index contributed by atoms with van der Waals surface area (Å²) in [5.74, 6) is 0.784. The molecule has 0 aliphatic heterocycles. The van der Waals surface area contributed by atoms with Crippen LogP contribution in [-0.2, 0) is 11.2 Å². The summed E-state index contributed by atoms with van der Waals surface area (Å²) in [5, 5.41) is 12.5. The first-order valence-electron chi connectivity index (χ1n) is 12.5. The molecular weight excluding hydrogens is 481 g/mol. The molecule has 194 valence electrons. The SMILES string of the molecule is CC(C)(C)OC(=O)NCC1C=CC=C(Cc2ncc(-c3ccc(Oc4ccccc4)cc3)c(C#N)c2F)C1. The molecular formula is C31H30FN3O3. The van der Waals surface area contributed by atoms with Crippen LogP contribution in [0.4, 0.5) is 9.18 Å². The molecule has 3 aromatic rings. The predicted molar refractivity (Wildman–Crippen MR) is 144 cm³/mol. The molecule has 7 heteroatoms. The zero-order valence-electron chi connectivity index (χ0n) is 21.7. The Morgan fingerprint density at radius 2 is 1.84 bits per heavy atom. The van der Waals surface area contributed by atoms with Gasteiger partial charge in [-0.05, 0) is 62.9 Å². The summed E-state index contributed by atoms with van der Waals surface area (Å²) >= 11 is 0. The van der Waals surface area contributed by atoms with Gasteiger partial charge in [0.05, 0.1) is 11.3 Å². The molecule has 1 amide bonds. The number of halogens is 1. The van der Waals surface area contributed by atoms with Gasteiger partial charge in [-0.2, -0.15) is 5.26 Å². The monoisotopic (exact) mass is 511 g/mol. The summed E-state index contributed by atoms with van der Waals surface area (Å²) in [6.45, 7) is 5.84. The number of hydrogen-bond acceptors (Lipinski definition) is 5. The van der Waals surface area contributed by atoms with Crippen LogP contribution in [0, 0.1) is 23.1 Å². The van der Waals surface area contributed by atoms with E-state index in [9.17, 15) is 10.1 Å². The summed E-state index contributed by atoms with van der Waals surface area (Å²) in [4.78, 5) is 16.3. The quantitative estimate of drug-likeness (QED) is 0.365. The molecule has 0 saturated heterocycles. The second-order valence-electron chi connectivity index (χ2n) is 10.1. The van der Waals surface area contributed by atoms with Crippen molar-refractivity contribution < 1.29 is 18.7 Å². The lowest BCUT2D eigenvalue weighted by Crippen LogP contribution is -2.35. The van der Waals surface area contributed by atoms with E-state index < -0.39 is 17.5 Å². The number of carbonyl (C=O) groups excluding carboxylic acids is 1. The first kappa shape index (κ1) is 26.6. The molecule has 38 heavy (non-hydrogen) atoms. The first-order valence-corrected chi connectivity index (χ1v) is 12.5. The van der Waals surface area contributed by atoms with Crippen molar-refractivity contribution >= 4 is 6.09 Å². The van der Waals surface area contributed by atoms with E-state index in [4.69, 9.17) is 9.47 Å². The Kier molecular flexibility index (Phi) is 8.22. The van der Waals surface area contributed by atoms with Crippen LogP contribution >= 0.6 is 0 Å². The third-order valence-corrected chi connectivity index (χ3v) is 5.89. The molecule has 0 fully saturated rings. The molecule has 1 unspecified atom stereocenters. The molecule has 0 saturated carbocycles. The molecule has 4 rings (SSSR count). The van der Waals surface area contributed by atoms with Gasteiger partial charge in [0.2, 0.25) is 0 Å². The highest BCUT2D eigenvalue weighted by atomic mass is 19.1. The fourth-order valence-corrected chi connectivity index (χ4v) is 4.14. The number of allylic oxidation sites excluding steroid dienone is 3. The Morgan fingerprint density at radius 1 is 1.13 bits per heavy atom. The Labute approximate surface area is 222 Å². The number of para-hydroxylation sites is 1. The van der Waals surface area contributed by atoms with Gasteiger partial charge in [-0.1, -0.05) is 54.1 Å². The largest absolute Gasteiger partial charge is 0.457 e. The zero-order chi connectivity index (χ0) is 27.1. The van der Waals surface area contributed by atoms with Crippen molar-refractivity contribution in [3.8, 4) is 28.7 Å². The Balaban J connectivity index is 1.42. The molecule has 1 aromatic heterocycles. The number of nitrogens with zero attached hydrogens (tertiary/aromatic N) is 2. The number of ether oxygens (including phenoxy) is 2. The molecule has 0 radical (unpaired) electrons.